The Morgan fingerprint density at radius 2 is 1.68 bits per heavy atom. The molecule has 0 radical (unpaired) electrons. The van der Waals surface area contributed by atoms with Gasteiger partial charge in [0.2, 0.25) is 0 Å². The molecule has 0 aromatic heterocycles. The molecular weight excluding hydrogens is 270 g/mol. The fourth-order valence-corrected chi connectivity index (χ4v) is 5.65. The topological polar surface area (TPSA) is 37.3 Å². The highest BCUT2D eigenvalue weighted by molar-refractivity contribution is 7.86. The Morgan fingerprint density at radius 3 is 2.21 bits per heavy atom. The molecule has 2 atom stereocenters. The Balaban J connectivity index is 2.02. The Bertz CT molecular complexity index is 496. The molecule has 1 aromatic carbocycles. The fourth-order valence-electron chi connectivity index (χ4n) is 3.43. The van der Waals surface area contributed by atoms with Gasteiger partial charge in [-0.05, 0) is 37.8 Å². The third-order valence-corrected chi connectivity index (χ3v) is 6.39. The van der Waals surface area contributed by atoms with Crippen molar-refractivity contribution < 1.29 is 18.1 Å². The number of fused-ring (bicyclic) bond motifs is 2. The lowest BCUT2D eigenvalue weighted by Gasteiger charge is -2.43. The van der Waals surface area contributed by atoms with Gasteiger partial charge in [0.05, 0.1) is 11.2 Å². The van der Waals surface area contributed by atoms with Crippen LogP contribution in [0.4, 0.5) is 8.78 Å². The molecule has 1 N–H and O–H groups in total. The van der Waals surface area contributed by atoms with Gasteiger partial charge in [0.15, 0.2) is 0 Å². The molecule has 3 rings (SSSR count). The molecule has 2 fully saturated rings. The van der Waals surface area contributed by atoms with Crippen LogP contribution in [-0.4, -0.2) is 19.8 Å². The van der Waals surface area contributed by atoms with Gasteiger partial charge < -0.3 is 5.11 Å². The molecule has 2 aliphatic heterocycles. The van der Waals surface area contributed by atoms with Crippen molar-refractivity contribution in [1.82, 2.24) is 0 Å². The molecule has 1 aromatic rings. The maximum absolute atomic E-state index is 13.9. The van der Waals surface area contributed by atoms with Gasteiger partial charge in [-0.25, -0.2) is 8.78 Å². The first-order valence-electron chi connectivity index (χ1n) is 6.57. The normalized spacial score (nSPS) is 38.2. The highest BCUT2D eigenvalue weighted by Crippen LogP contribution is 2.45. The van der Waals surface area contributed by atoms with Crippen LogP contribution in [0.1, 0.15) is 37.7 Å². The predicted octanol–water partition coefficient (Wildman–Crippen LogP) is 2.62. The number of hydrogen-bond donors (Lipinski definition) is 1. The summed E-state index contributed by atoms with van der Waals surface area (Å²) in [5.74, 6) is -1.43. The maximum atomic E-state index is 13.9. The first-order valence-corrected chi connectivity index (χ1v) is 7.85. The van der Waals surface area contributed by atoms with Gasteiger partial charge in [0.1, 0.15) is 11.6 Å². The average molecular weight is 286 g/mol. The summed E-state index contributed by atoms with van der Waals surface area (Å²) >= 11 is 0. The van der Waals surface area contributed by atoms with Gasteiger partial charge in [-0.3, -0.25) is 4.21 Å². The van der Waals surface area contributed by atoms with Gasteiger partial charge in [-0.1, -0.05) is 12.5 Å². The number of rotatable bonds is 1. The summed E-state index contributed by atoms with van der Waals surface area (Å²) in [6.45, 7) is 0. The van der Waals surface area contributed by atoms with Gasteiger partial charge in [-0.2, -0.15) is 0 Å². The minimum absolute atomic E-state index is 0.142. The zero-order valence-electron chi connectivity index (χ0n) is 10.4. The zero-order valence-corrected chi connectivity index (χ0v) is 11.3. The molecule has 0 aliphatic carbocycles. The van der Waals surface area contributed by atoms with Crippen LogP contribution < -0.4 is 0 Å². The van der Waals surface area contributed by atoms with Crippen molar-refractivity contribution in [3.63, 3.8) is 0 Å². The molecule has 0 amide bonds. The lowest BCUT2D eigenvalue weighted by molar-refractivity contribution is 0.0000224. The van der Waals surface area contributed by atoms with Crippen molar-refractivity contribution in [2.45, 2.75) is 48.2 Å². The van der Waals surface area contributed by atoms with E-state index >= 15 is 0 Å². The van der Waals surface area contributed by atoms with Crippen molar-refractivity contribution in [3.8, 4) is 0 Å². The van der Waals surface area contributed by atoms with Crippen LogP contribution in [0.5, 0.6) is 0 Å². The molecule has 2 nitrogen and oxygen atoms in total. The fraction of sp³-hybridized carbons (Fsp3) is 0.571. The predicted molar refractivity (Wildman–Crippen MR) is 69.1 cm³/mol. The Morgan fingerprint density at radius 1 is 1.16 bits per heavy atom. The highest BCUT2D eigenvalue weighted by atomic mass is 32.2. The van der Waals surface area contributed by atoms with E-state index in [1.807, 2.05) is 0 Å². The lowest BCUT2D eigenvalue weighted by atomic mass is 9.80. The second-order valence-corrected chi connectivity index (χ2v) is 7.53. The van der Waals surface area contributed by atoms with E-state index < -0.39 is 28.0 Å². The summed E-state index contributed by atoms with van der Waals surface area (Å²) in [7, 11) is -0.974. The van der Waals surface area contributed by atoms with E-state index in [1.165, 1.54) is 6.07 Å². The van der Waals surface area contributed by atoms with Crippen molar-refractivity contribution in [2.24, 2.45) is 0 Å². The zero-order chi connectivity index (χ0) is 13.6. The van der Waals surface area contributed by atoms with Crippen LogP contribution in [0.25, 0.3) is 0 Å². The van der Waals surface area contributed by atoms with Gasteiger partial charge >= 0.3 is 0 Å². The summed E-state index contributed by atoms with van der Waals surface area (Å²) in [4.78, 5) is 0. The summed E-state index contributed by atoms with van der Waals surface area (Å²) in [6.07, 6.45) is 2.89. The monoisotopic (exact) mass is 286 g/mol. The summed E-state index contributed by atoms with van der Waals surface area (Å²) in [5, 5.41) is 10.4. The molecule has 19 heavy (non-hydrogen) atoms. The highest BCUT2D eigenvalue weighted by Gasteiger charge is 2.48. The average Bonchev–Trinajstić information content (AvgIpc) is 2.31. The first kappa shape index (κ1) is 13.2. The minimum Gasteiger partial charge on any atom is -0.385 e. The Kier molecular flexibility index (Phi) is 3.21. The number of halogens is 2. The van der Waals surface area contributed by atoms with Crippen molar-refractivity contribution in [3.05, 3.63) is 35.4 Å². The molecule has 0 spiro atoms. The third-order valence-electron chi connectivity index (χ3n) is 4.27. The summed E-state index contributed by atoms with van der Waals surface area (Å²) < 4.78 is 39.9. The van der Waals surface area contributed by atoms with Gasteiger partial charge in [-0.15, -0.1) is 0 Å². The third kappa shape index (κ3) is 2.13. The molecular formula is C14H16F2O2S. The standard InChI is InChI=1S/C14H16F2O2S/c15-11-5-2-6-12(16)13(11)14(17)7-9-3-1-4-10(8-14)19(9)18/h2,5-6,9-10,17H,1,3-4,7-8H2. The summed E-state index contributed by atoms with van der Waals surface area (Å²) in [5.41, 5.74) is -1.76. The minimum atomic E-state index is -1.51. The molecule has 2 aliphatic rings. The molecule has 5 heteroatoms. The molecule has 104 valence electrons. The maximum Gasteiger partial charge on any atom is 0.132 e. The van der Waals surface area contributed by atoms with E-state index in [2.05, 4.69) is 0 Å². The number of hydrogen-bond acceptors (Lipinski definition) is 2. The van der Waals surface area contributed by atoms with Crippen LogP contribution in [0, 0.1) is 11.6 Å². The van der Waals surface area contributed by atoms with Crippen LogP contribution in [-0.2, 0) is 16.4 Å². The summed E-state index contributed by atoms with van der Waals surface area (Å²) in [6, 6.07) is 3.62. The van der Waals surface area contributed by atoms with Gasteiger partial charge in [0.25, 0.3) is 0 Å². The smallest absolute Gasteiger partial charge is 0.132 e. The Labute approximate surface area is 113 Å². The quantitative estimate of drug-likeness (QED) is 0.861. The second-order valence-electron chi connectivity index (χ2n) is 5.54. The van der Waals surface area contributed by atoms with Crippen molar-refractivity contribution >= 4 is 10.8 Å². The molecule has 2 bridgehead atoms. The molecule has 2 heterocycles. The van der Waals surface area contributed by atoms with Crippen LogP contribution in [0.3, 0.4) is 0 Å². The SMILES string of the molecule is O=S1C2CCCC1CC(O)(c1c(F)cccc1F)C2. The first-order chi connectivity index (χ1) is 9.01. The van der Waals surface area contributed by atoms with E-state index in [0.717, 1.165) is 31.4 Å². The molecule has 0 saturated carbocycles. The van der Waals surface area contributed by atoms with E-state index in [9.17, 15) is 18.1 Å². The van der Waals surface area contributed by atoms with Crippen molar-refractivity contribution in [2.75, 3.05) is 0 Å². The van der Waals surface area contributed by atoms with E-state index in [4.69, 9.17) is 0 Å². The van der Waals surface area contributed by atoms with Crippen LogP contribution in [0.15, 0.2) is 18.2 Å². The van der Waals surface area contributed by atoms with E-state index in [1.54, 1.807) is 0 Å². The van der Waals surface area contributed by atoms with Crippen LogP contribution >= 0.6 is 0 Å². The number of aliphatic hydroxyl groups is 1. The van der Waals surface area contributed by atoms with Crippen LogP contribution in [0.2, 0.25) is 0 Å². The van der Waals surface area contributed by atoms with E-state index in [0.29, 0.717) is 0 Å². The second kappa shape index (κ2) is 4.63. The van der Waals surface area contributed by atoms with E-state index in [-0.39, 0.29) is 28.9 Å². The molecule has 2 unspecified atom stereocenters. The lowest BCUT2D eigenvalue weighted by Crippen LogP contribution is -2.48. The largest absolute Gasteiger partial charge is 0.385 e. The molecule has 2 saturated heterocycles. The van der Waals surface area contributed by atoms with Crippen molar-refractivity contribution in [1.29, 1.82) is 0 Å². The Hall–Kier alpha value is -0.810. The number of benzene rings is 1. The van der Waals surface area contributed by atoms with Gasteiger partial charge in [0, 0.05) is 21.3 Å².